The quantitative estimate of drug-likeness (QED) is 0.464. The third kappa shape index (κ3) is 4.42. The number of nitrogens with two attached hydrogens (primary N) is 1. The SMILES string of the molecule is CC1CN(C)CCN1CCOc1ccc(C(=O)NN)cc1. The molecular formula is C15H24N4O2. The highest BCUT2D eigenvalue weighted by Gasteiger charge is 2.20. The highest BCUT2D eigenvalue weighted by Crippen LogP contribution is 2.13. The Morgan fingerprint density at radius 1 is 1.38 bits per heavy atom. The van der Waals surface area contributed by atoms with Crippen molar-refractivity contribution in [3.63, 3.8) is 0 Å². The summed E-state index contributed by atoms with van der Waals surface area (Å²) in [6.07, 6.45) is 0. The first kappa shape index (κ1) is 15.8. The molecule has 1 amide bonds. The lowest BCUT2D eigenvalue weighted by atomic mass is 10.2. The van der Waals surface area contributed by atoms with Gasteiger partial charge in [0.1, 0.15) is 12.4 Å². The fourth-order valence-corrected chi connectivity index (χ4v) is 2.58. The summed E-state index contributed by atoms with van der Waals surface area (Å²) in [5.41, 5.74) is 2.63. The lowest BCUT2D eigenvalue weighted by Crippen LogP contribution is -2.51. The van der Waals surface area contributed by atoms with Crippen LogP contribution in [-0.2, 0) is 0 Å². The molecule has 0 saturated carbocycles. The summed E-state index contributed by atoms with van der Waals surface area (Å²) < 4.78 is 5.73. The van der Waals surface area contributed by atoms with Crippen LogP contribution in [0.3, 0.4) is 0 Å². The number of piperazine rings is 1. The van der Waals surface area contributed by atoms with E-state index < -0.39 is 0 Å². The smallest absolute Gasteiger partial charge is 0.265 e. The molecule has 1 fully saturated rings. The van der Waals surface area contributed by atoms with Crippen LogP contribution in [0.2, 0.25) is 0 Å². The van der Waals surface area contributed by atoms with E-state index in [0.29, 0.717) is 18.2 Å². The molecule has 1 unspecified atom stereocenters. The molecule has 0 radical (unpaired) electrons. The predicted molar refractivity (Wildman–Crippen MR) is 82.1 cm³/mol. The third-order valence-corrected chi connectivity index (χ3v) is 3.86. The molecular weight excluding hydrogens is 268 g/mol. The Bertz CT molecular complexity index is 463. The molecule has 1 aliphatic heterocycles. The normalized spacial score (nSPS) is 20.2. The number of rotatable bonds is 5. The van der Waals surface area contributed by atoms with Gasteiger partial charge in [-0.3, -0.25) is 15.1 Å². The van der Waals surface area contributed by atoms with E-state index in [1.165, 1.54) is 0 Å². The maximum absolute atomic E-state index is 11.3. The van der Waals surface area contributed by atoms with Gasteiger partial charge < -0.3 is 9.64 Å². The van der Waals surface area contributed by atoms with Crippen LogP contribution in [0.25, 0.3) is 0 Å². The number of nitrogens with zero attached hydrogens (tertiary/aromatic N) is 2. The minimum atomic E-state index is -0.298. The number of hydrazine groups is 1. The zero-order chi connectivity index (χ0) is 15.2. The van der Waals surface area contributed by atoms with Crippen LogP contribution in [0.1, 0.15) is 17.3 Å². The van der Waals surface area contributed by atoms with Gasteiger partial charge in [0.15, 0.2) is 0 Å². The van der Waals surface area contributed by atoms with Crippen molar-refractivity contribution in [3.8, 4) is 5.75 Å². The number of hydrogen-bond acceptors (Lipinski definition) is 5. The lowest BCUT2D eigenvalue weighted by Gasteiger charge is -2.38. The second-order valence-corrected chi connectivity index (χ2v) is 5.49. The maximum Gasteiger partial charge on any atom is 0.265 e. The highest BCUT2D eigenvalue weighted by molar-refractivity contribution is 5.93. The van der Waals surface area contributed by atoms with Gasteiger partial charge in [-0.15, -0.1) is 0 Å². The molecule has 1 heterocycles. The molecule has 21 heavy (non-hydrogen) atoms. The number of benzene rings is 1. The molecule has 0 spiro atoms. The molecule has 1 aromatic rings. The Morgan fingerprint density at radius 3 is 2.71 bits per heavy atom. The van der Waals surface area contributed by atoms with E-state index in [2.05, 4.69) is 29.2 Å². The number of ether oxygens (including phenoxy) is 1. The number of amides is 1. The van der Waals surface area contributed by atoms with E-state index >= 15 is 0 Å². The van der Waals surface area contributed by atoms with E-state index in [1.807, 2.05) is 0 Å². The average Bonchev–Trinajstić information content (AvgIpc) is 2.49. The van der Waals surface area contributed by atoms with Crippen LogP contribution in [0.4, 0.5) is 0 Å². The van der Waals surface area contributed by atoms with Crippen LogP contribution in [0.5, 0.6) is 5.75 Å². The molecule has 1 atom stereocenters. The molecule has 2 rings (SSSR count). The first-order valence-corrected chi connectivity index (χ1v) is 7.26. The van der Waals surface area contributed by atoms with E-state index in [4.69, 9.17) is 10.6 Å². The fraction of sp³-hybridized carbons (Fsp3) is 0.533. The number of nitrogen functional groups attached to an aromatic ring is 1. The summed E-state index contributed by atoms with van der Waals surface area (Å²) in [5.74, 6) is 5.56. The average molecular weight is 292 g/mol. The summed E-state index contributed by atoms with van der Waals surface area (Å²) >= 11 is 0. The first-order chi connectivity index (χ1) is 10.1. The molecule has 1 aromatic carbocycles. The van der Waals surface area contributed by atoms with Crippen LogP contribution in [0, 0.1) is 0 Å². The van der Waals surface area contributed by atoms with E-state index in [0.717, 1.165) is 31.9 Å². The van der Waals surface area contributed by atoms with Crippen molar-refractivity contribution in [1.29, 1.82) is 0 Å². The molecule has 3 N–H and O–H groups in total. The monoisotopic (exact) mass is 292 g/mol. The van der Waals surface area contributed by atoms with E-state index in [9.17, 15) is 4.79 Å². The second-order valence-electron chi connectivity index (χ2n) is 5.49. The van der Waals surface area contributed by atoms with Gasteiger partial charge in [-0.05, 0) is 38.2 Å². The van der Waals surface area contributed by atoms with Crippen molar-refractivity contribution in [2.45, 2.75) is 13.0 Å². The molecule has 6 heteroatoms. The third-order valence-electron chi connectivity index (χ3n) is 3.86. The summed E-state index contributed by atoms with van der Waals surface area (Å²) in [7, 11) is 2.16. The molecule has 6 nitrogen and oxygen atoms in total. The standard InChI is InChI=1S/C15H24N4O2/c1-12-11-18(2)7-8-19(12)9-10-21-14-5-3-13(4-6-14)15(20)17-16/h3-6,12H,7-11,16H2,1-2H3,(H,17,20). The fourth-order valence-electron chi connectivity index (χ4n) is 2.58. The minimum absolute atomic E-state index is 0.298. The van der Waals surface area contributed by atoms with Gasteiger partial charge in [-0.25, -0.2) is 5.84 Å². The Labute approximate surface area is 125 Å². The van der Waals surface area contributed by atoms with E-state index in [-0.39, 0.29) is 5.91 Å². The second kappa shape index (κ2) is 7.40. The first-order valence-electron chi connectivity index (χ1n) is 7.26. The van der Waals surface area contributed by atoms with Crippen molar-refractivity contribution >= 4 is 5.91 Å². The minimum Gasteiger partial charge on any atom is -0.492 e. The lowest BCUT2D eigenvalue weighted by molar-refractivity contribution is 0.0858. The Kier molecular flexibility index (Phi) is 5.55. The van der Waals surface area contributed by atoms with Gasteiger partial charge in [0.25, 0.3) is 5.91 Å². The molecule has 1 saturated heterocycles. The van der Waals surface area contributed by atoms with Crippen molar-refractivity contribution in [3.05, 3.63) is 29.8 Å². The van der Waals surface area contributed by atoms with Crippen LogP contribution in [-0.4, -0.2) is 61.6 Å². The zero-order valence-electron chi connectivity index (χ0n) is 12.7. The molecule has 0 aliphatic carbocycles. The zero-order valence-corrected chi connectivity index (χ0v) is 12.7. The summed E-state index contributed by atoms with van der Waals surface area (Å²) in [5, 5.41) is 0. The predicted octanol–water partition coefficient (Wildman–Crippen LogP) is 0.305. The van der Waals surface area contributed by atoms with Gasteiger partial charge in [0.2, 0.25) is 0 Å². The summed E-state index contributed by atoms with van der Waals surface area (Å²) in [4.78, 5) is 16.1. The highest BCUT2D eigenvalue weighted by atomic mass is 16.5. The van der Waals surface area contributed by atoms with Gasteiger partial charge in [0, 0.05) is 37.8 Å². The number of hydrogen-bond donors (Lipinski definition) is 2. The Hall–Kier alpha value is -1.63. The van der Waals surface area contributed by atoms with Crippen molar-refractivity contribution in [2.75, 3.05) is 39.8 Å². The Morgan fingerprint density at radius 2 is 2.10 bits per heavy atom. The molecule has 1 aliphatic rings. The number of carbonyl (C=O) groups is 1. The van der Waals surface area contributed by atoms with Crippen LogP contribution in [0.15, 0.2) is 24.3 Å². The number of likely N-dealkylation sites (N-methyl/N-ethyl adjacent to an activating group) is 1. The van der Waals surface area contributed by atoms with Gasteiger partial charge in [0.05, 0.1) is 0 Å². The maximum atomic E-state index is 11.3. The van der Waals surface area contributed by atoms with Crippen molar-refractivity contribution in [2.24, 2.45) is 5.84 Å². The Balaban J connectivity index is 1.77. The summed E-state index contributed by atoms with van der Waals surface area (Å²) in [6, 6.07) is 7.55. The molecule has 116 valence electrons. The molecule has 0 aromatic heterocycles. The number of carbonyl (C=O) groups excluding carboxylic acids is 1. The van der Waals surface area contributed by atoms with Gasteiger partial charge >= 0.3 is 0 Å². The van der Waals surface area contributed by atoms with Gasteiger partial charge in [-0.2, -0.15) is 0 Å². The topological polar surface area (TPSA) is 70.8 Å². The van der Waals surface area contributed by atoms with Gasteiger partial charge in [-0.1, -0.05) is 0 Å². The van der Waals surface area contributed by atoms with Crippen molar-refractivity contribution in [1.82, 2.24) is 15.2 Å². The van der Waals surface area contributed by atoms with Crippen LogP contribution >= 0.6 is 0 Å². The summed E-state index contributed by atoms with van der Waals surface area (Å²) in [6.45, 7) is 7.10. The van der Waals surface area contributed by atoms with E-state index in [1.54, 1.807) is 24.3 Å². The van der Waals surface area contributed by atoms with Crippen molar-refractivity contribution < 1.29 is 9.53 Å². The van der Waals surface area contributed by atoms with Crippen LogP contribution < -0.4 is 16.0 Å². The molecule has 0 bridgehead atoms. The number of nitrogens with one attached hydrogen (secondary N) is 1. The largest absolute Gasteiger partial charge is 0.492 e.